The number of anilines is 3. The molecule has 0 saturated carbocycles. The summed E-state index contributed by atoms with van der Waals surface area (Å²) >= 11 is 0. The van der Waals surface area contributed by atoms with Crippen LogP contribution in [0.4, 0.5) is 17.1 Å². The zero-order chi connectivity index (χ0) is 25.6. The number of rotatable bonds is 6. The van der Waals surface area contributed by atoms with Crippen molar-refractivity contribution in [3.63, 3.8) is 0 Å². The van der Waals surface area contributed by atoms with Crippen molar-refractivity contribution in [1.29, 1.82) is 10.5 Å². The second-order valence-electron chi connectivity index (χ2n) is 8.46. The minimum absolute atomic E-state index is 0.552. The summed E-state index contributed by atoms with van der Waals surface area (Å²) in [7, 11) is 0. The lowest BCUT2D eigenvalue weighted by molar-refractivity contribution is 0.112. The fraction of sp³-hybridized carbons (Fsp3) is 0. The van der Waals surface area contributed by atoms with Gasteiger partial charge in [0, 0.05) is 33.4 Å². The fourth-order valence-corrected chi connectivity index (χ4v) is 4.38. The summed E-state index contributed by atoms with van der Waals surface area (Å²) < 4.78 is 0. The first kappa shape index (κ1) is 23.3. The molecule has 0 unspecified atom stereocenters. The second-order valence-corrected chi connectivity index (χ2v) is 8.46. The molecule has 4 heteroatoms. The Morgan fingerprint density at radius 1 is 0.568 bits per heavy atom. The molecule has 5 aromatic carbocycles. The van der Waals surface area contributed by atoms with Crippen molar-refractivity contribution in [2.45, 2.75) is 0 Å². The van der Waals surface area contributed by atoms with Gasteiger partial charge in [0.2, 0.25) is 0 Å². The van der Waals surface area contributed by atoms with Gasteiger partial charge in [-0.25, -0.2) is 0 Å². The third-order valence-electron chi connectivity index (χ3n) is 6.23. The van der Waals surface area contributed by atoms with Crippen LogP contribution in [0.3, 0.4) is 0 Å². The molecular weight excluding hydrogens is 454 g/mol. The van der Waals surface area contributed by atoms with Crippen molar-refractivity contribution in [3.05, 3.63) is 137 Å². The van der Waals surface area contributed by atoms with E-state index in [1.165, 1.54) is 0 Å². The summed E-state index contributed by atoms with van der Waals surface area (Å²) in [5, 5.41) is 20.8. The molecule has 0 aliphatic carbocycles. The predicted molar refractivity (Wildman–Crippen MR) is 149 cm³/mol. The molecule has 37 heavy (non-hydrogen) atoms. The maximum atomic E-state index is 11.1. The summed E-state index contributed by atoms with van der Waals surface area (Å²) in [6.45, 7) is 0. The minimum atomic E-state index is 0.552. The van der Waals surface area contributed by atoms with E-state index in [0.717, 1.165) is 45.2 Å². The molecular formula is C33H21N3O. The highest BCUT2D eigenvalue weighted by atomic mass is 16.1. The average Bonchev–Trinajstić information content (AvgIpc) is 2.97. The number of para-hydroxylation sites is 1. The number of aldehydes is 1. The van der Waals surface area contributed by atoms with E-state index >= 15 is 0 Å². The van der Waals surface area contributed by atoms with Crippen LogP contribution in [0, 0.1) is 22.7 Å². The molecule has 0 aromatic heterocycles. The Balaban J connectivity index is 1.48. The van der Waals surface area contributed by atoms with E-state index < -0.39 is 0 Å². The number of benzene rings is 5. The monoisotopic (exact) mass is 475 g/mol. The molecule has 0 spiro atoms. The molecule has 0 fully saturated rings. The van der Waals surface area contributed by atoms with E-state index in [9.17, 15) is 15.3 Å². The van der Waals surface area contributed by atoms with Gasteiger partial charge in [-0.3, -0.25) is 4.79 Å². The Bertz CT molecular complexity index is 1690. The number of hydrogen-bond donors (Lipinski definition) is 0. The van der Waals surface area contributed by atoms with Gasteiger partial charge in [-0.2, -0.15) is 10.5 Å². The van der Waals surface area contributed by atoms with Crippen LogP contribution in [-0.2, 0) is 0 Å². The Kier molecular flexibility index (Phi) is 6.57. The van der Waals surface area contributed by atoms with Crippen LogP contribution in [0.2, 0.25) is 0 Å². The summed E-state index contributed by atoms with van der Waals surface area (Å²) in [5.41, 5.74) is 6.47. The number of hydrogen-bond acceptors (Lipinski definition) is 4. The van der Waals surface area contributed by atoms with E-state index in [4.69, 9.17) is 0 Å². The topological polar surface area (TPSA) is 67.9 Å². The molecule has 0 N–H and O–H groups in total. The largest absolute Gasteiger partial charge is 0.311 e. The van der Waals surface area contributed by atoms with Crippen LogP contribution in [-0.4, -0.2) is 6.29 Å². The van der Waals surface area contributed by atoms with Gasteiger partial charge in [0.1, 0.15) is 12.4 Å². The van der Waals surface area contributed by atoms with E-state index in [1.807, 2.05) is 109 Å². The maximum Gasteiger partial charge on any atom is 0.150 e. The van der Waals surface area contributed by atoms with Crippen LogP contribution < -0.4 is 4.90 Å². The number of fused-ring (bicyclic) bond motifs is 1. The molecule has 0 amide bonds. The van der Waals surface area contributed by atoms with Gasteiger partial charge in [0.25, 0.3) is 0 Å². The molecule has 5 aromatic rings. The molecule has 0 bridgehead atoms. The molecule has 174 valence electrons. The zero-order valence-corrected chi connectivity index (χ0v) is 19.9. The summed E-state index contributed by atoms with van der Waals surface area (Å²) in [6.07, 6.45) is 4.75. The highest BCUT2D eigenvalue weighted by molar-refractivity contribution is 5.95. The molecule has 0 heterocycles. The van der Waals surface area contributed by atoms with Crippen LogP contribution in [0.15, 0.2) is 109 Å². The molecule has 0 aliphatic rings. The summed E-state index contributed by atoms with van der Waals surface area (Å²) in [6, 6.07) is 39.4. The smallest absolute Gasteiger partial charge is 0.150 e. The van der Waals surface area contributed by atoms with Gasteiger partial charge in [0.05, 0.1) is 17.2 Å². The Hall–Kier alpha value is -5.45. The number of nitriles is 2. The van der Waals surface area contributed by atoms with Crippen molar-refractivity contribution < 1.29 is 4.79 Å². The Labute approximate surface area is 215 Å². The van der Waals surface area contributed by atoms with Crippen LogP contribution in [0.25, 0.3) is 22.9 Å². The van der Waals surface area contributed by atoms with Gasteiger partial charge < -0.3 is 4.90 Å². The summed E-state index contributed by atoms with van der Waals surface area (Å²) in [4.78, 5) is 13.2. The molecule has 0 aliphatic heterocycles. The summed E-state index contributed by atoms with van der Waals surface area (Å²) in [5.74, 6) is 0. The highest BCUT2D eigenvalue weighted by Gasteiger charge is 2.12. The Morgan fingerprint density at radius 3 is 1.84 bits per heavy atom. The van der Waals surface area contributed by atoms with E-state index in [-0.39, 0.29) is 0 Å². The lowest BCUT2D eigenvalue weighted by atomic mass is 9.96. The van der Waals surface area contributed by atoms with Crippen molar-refractivity contribution >= 4 is 46.3 Å². The number of nitrogens with zero attached hydrogens (tertiary/aromatic N) is 3. The van der Waals surface area contributed by atoms with E-state index in [1.54, 1.807) is 12.1 Å². The molecule has 0 atom stereocenters. The van der Waals surface area contributed by atoms with Gasteiger partial charge in [-0.15, -0.1) is 0 Å². The van der Waals surface area contributed by atoms with E-state index in [0.29, 0.717) is 16.7 Å². The average molecular weight is 476 g/mol. The number of carbonyl (C=O) groups is 1. The van der Waals surface area contributed by atoms with Crippen molar-refractivity contribution in [2.75, 3.05) is 4.90 Å². The second kappa shape index (κ2) is 10.4. The van der Waals surface area contributed by atoms with Crippen molar-refractivity contribution in [2.24, 2.45) is 0 Å². The molecule has 0 radical (unpaired) electrons. The first-order valence-corrected chi connectivity index (χ1v) is 11.8. The third kappa shape index (κ3) is 4.73. The lowest BCUT2D eigenvalue weighted by Gasteiger charge is -2.25. The van der Waals surface area contributed by atoms with Crippen molar-refractivity contribution in [1.82, 2.24) is 0 Å². The SMILES string of the molecule is N#Cc1cccc2c(C#N)c(C=Cc3ccc(N(c4ccccc4)c4ccc(C=O)cc4)cc3)ccc12. The fourth-order valence-electron chi connectivity index (χ4n) is 4.38. The lowest BCUT2D eigenvalue weighted by Crippen LogP contribution is -2.09. The van der Waals surface area contributed by atoms with Gasteiger partial charge in [-0.05, 0) is 65.7 Å². The van der Waals surface area contributed by atoms with Crippen molar-refractivity contribution in [3.8, 4) is 12.1 Å². The minimum Gasteiger partial charge on any atom is -0.311 e. The van der Waals surface area contributed by atoms with Crippen LogP contribution >= 0.6 is 0 Å². The van der Waals surface area contributed by atoms with Gasteiger partial charge in [0.15, 0.2) is 0 Å². The quantitative estimate of drug-likeness (QED) is 0.184. The molecule has 0 saturated heterocycles. The van der Waals surface area contributed by atoms with Gasteiger partial charge >= 0.3 is 0 Å². The van der Waals surface area contributed by atoms with Gasteiger partial charge in [-0.1, -0.05) is 66.7 Å². The van der Waals surface area contributed by atoms with Crippen LogP contribution in [0.5, 0.6) is 0 Å². The zero-order valence-electron chi connectivity index (χ0n) is 19.9. The number of carbonyl (C=O) groups excluding carboxylic acids is 1. The Morgan fingerprint density at radius 2 is 1.22 bits per heavy atom. The normalized spacial score (nSPS) is 10.6. The maximum absolute atomic E-state index is 11.1. The first-order chi connectivity index (χ1) is 18.2. The molecule has 5 rings (SSSR count). The highest BCUT2D eigenvalue weighted by Crippen LogP contribution is 2.34. The molecule has 4 nitrogen and oxygen atoms in total. The van der Waals surface area contributed by atoms with Crippen LogP contribution in [0.1, 0.15) is 32.6 Å². The van der Waals surface area contributed by atoms with E-state index in [2.05, 4.69) is 17.0 Å². The third-order valence-corrected chi connectivity index (χ3v) is 6.23. The first-order valence-electron chi connectivity index (χ1n) is 11.8. The predicted octanol–water partition coefficient (Wildman–Crippen LogP) is 8.04. The standard InChI is InChI=1S/C33H21N3O/c34-21-27-5-4-8-32-31(27)20-15-26(33(32)22-35)14-9-24-10-16-29(17-11-24)36(28-6-2-1-3-7-28)30-18-12-25(23-37)13-19-30/h1-20,23H.